The molecule has 4 fully saturated rings. The van der Waals surface area contributed by atoms with Crippen molar-refractivity contribution in [1.29, 1.82) is 0 Å². The van der Waals surface area contributed by atoms with Gasteiger partial charge >= 0.3 is 85.6 Å². The summed E-state index contributed by atoms with van der Waals surface area (Å²) in [5.41, 5.74) is 8.44. The minimum absolute atomic E-state index is 0.456. The molecule has 0 radical (unpaired) electrons. The average Bonchev–Trinajstić information content (AvgIpc) is 3.24. The second-order valence-corrected chi connectivity index (χ2v) is 29.7. The molecule has 0 nitrogen and oxygen atoms in total. The molecular formula is C50H72Cl2P2Ru+2. The summed E-state index contributed by atoms with van der Waals surface area (Å²) in [4.78, 5) is 0. The zero-order chi connectivity index (χ0) is 38.2. The van der Waals surface area contributed by atoms with E-state index in [1.165, 1.54) is 135 Å². The van der Waals surface area contributed by atoms with Crippen molar-refractivity contribution in [3.63, 3.8) is 0 Å². The predicted molar refractivity (Wildman–Crippen MR) is 251 cm³/mol. The summed E-state index contributed by atoms with van der Waals surface area (Å²) in [6, 6.07) is 30.7. The number of allylic oxidation sites excluding steroid dienone is 1. The summed E-state index contributed by atoms with van der Waals surface area (Å²) in [7, 11) is 10.4. The predicted octanol–water partition coefficient (Wildman–Crippen LogP) is 15.4. The molecule has 3 aromatic carbocycles. The Balaban J connectivity index is 0.000000367. The molecule has 0 saturated heterocycles. The van der Waals surface area contributed by atoms with Crippen LogP contribution in [-0.2, 0) is 13.5 Å². The molecule has 4 saturated carbocycles. The van der Waals surface area contributed by atoms with Crippen LogP contribution in [0.5, 0.6) is 0 Å². The van der Waals surface area contributed by atoms with Gasteiger partial charge in [-0.1, -0.05) is 63.8 Å². The van der Waals surface area contributed by atoms with E-state index in [1.807, 2.05) is 47.1 Å². The Labute approximate surface area is 352 Å². The topological polar surface area (TPSA) is 0 Å². The van der Waals surface area contributed by atoms with Crippen LogP contribution >= 0.6 is 35.2 Å². The Morgan fingerprint density at radius 3 is 1.18 bits per heavy atom. The van der Waals surface area contributed by atoms with Crippen molar-refractivity contribution in [1.82, 2.24) is 0 Å². The number of benzene rings is 3. The Morgan fingerprint density at radius 2 is 0.855 bits per heavy atom. The molecular weight excluding hydrogens is 834 g/mol. The summed E-state index contributed by atoms with van der Waals surface area (Å²) in [6.07, 6.45) is 35.1. The molecule has 2 unspecified atom stereocenters. The van der Waals surface area contributed by atoms with E-state index in [0.717, 1.165) is 28.2 Å². The minimum atomic E-state index is -1.62. The maximum absolute atomic E-state index is 5.65. The third kappa shape index (κ3) is 13.7. The zero-order valence-electron chi connectivity index (χ0n) is 34.2. The van der Waals surface area contributed by atoms with E-state index >= 15 is 0 Å². The molecule has 0 spiro atoms. The van der Waals surface area contributed by atoms with Gasteiger partial charge in [-0.3, -0.25) is 0 Å². The van der Waals surface area contributed by atoms with Gasteiger partial charge in [0.1, 0.15) is 0 Å². The van der Waals surface area contributed by atoms with Gasteiger partial charge in [-0.25, -0.2) is 0 Å². The molecule has 302 valence electrons. The van der Waals surface area contributed by atoms with Crippen molar-refractivity contribution in [2.45, 2.75) is 183 Å². The van der Waals surface area contributed by atoms with Crippen LogP contribution in [0.25, 0.3) is 6.08 Å². The molecule has 0 N–H and O–H groups in total. The normalized spacial score (nSPS) is 20.9. The van der Waals surface area contributed by atoms with E-state index in [0.29, 0.717) is 11.8 Å². The molecule has 0 amide bonds. The van der Waals surface area contributed by atoms with Gasteiger partial charge in [-0.15, -0.1) is 0 Å². The summed E-state index contributed by atoms with van der Waals surface area (Å²) < 4.78 is 1.86. The van der Waals surface area contributed by atoms with Gasteiger partial charge < -0.3 is 0 Å². The van der Waals surface area contributed by atoms with Crippen LogP contribution in [0.4, 0.5) is 0 Å². The van der Waals surface area contributed by atoms with Crippen LogP contribution in [-0.4, -0.2) is 27.2 Å². The molecule has 2 atom stereocenters. The van der Waals surface area contributed by atoms with E-state index in [-0.39, 0.29) is 0 Å². The quantitative estimate of drug-likeness (QED) is 0.125. The van der Waals surface area contributed by atoms with E-state index in [1.54, 1.807) is 21.7 Å². The van der Waals surface area contributed by atoms with Crippen LogP contribution in [0.3, 0.4) is 0 Å². The van der Waals surface area contributed by atoms with Crippen LogP contribution in [0.1, 0.15) is 177 Å². The molecule has 5 heteroatoms. The number of halogens is 2. The first-order valence-corrected chi connectivity index (χ1v) is 31.2. The van der Waals surface area contributed by atoms with Gasteiger partial charge in [0, 0.05) is 15.8 Å². The van der Waals surface area contributed by atoms with Crippen molar-refractivity contribution in [3.05, 3.63) is 102 Å². The number of rotatable bonds is 12. The van der Waals surface area contributed by atoms with E-state index in [9.17, 15) is 0 Å². The SMILES string of the molecule is CC(CC(C)c1ccc([PH+](C2CCCCC2)C2CCCCC2)cc1)c1ccc([PH+](C2CCCCC2)C2CCCCC2)cc1.[Cl][Ru]([Cl])=[CH]/C=C/c1ccccc1. The van der Waals surface area contributed by atoms with Gasteiger partial charge in [0.2, 0.25) is 0 Å². The number of hydrogen-bond acceptors (Lipinski definition) is 0. The molecule has 55 heavy (non-hydrogen) atoms. The zero-order valence-corrected chi connectivity index (χ0v) is 39.4. The second kappa shape index (κ2) is 23.8. The average molecular weight is 907 g/mol. The first-order valence-electron chi connectivity index (χ1n) is 22.4. The molecule has 4 aliphatic carbocycles. The summed E-state index contributed by atoms with van der Waals surface area (Å²) >= 11 is -1.62. The fourth-order valence-electron chi connectivity index (χ4n) is 10.8. The fraction of sp³-hybridized carbons (Fsp3) is 0.580. The second-order valence-electron chi connectivity index (χ2n) is 17.6. The van der Waals surface area contributed by atoms with Crippen molar-refractivity contribution < 1.29 is 13.5 Å². The van der Waals surface area contributed by atoms with Gasteiger partial charge in [0.05, 0.1) is 33.2 Å². The third-order valence-corrected chi connectivity index (χ3v) is 23.4. The molecule has 0 aliphatic heterocycles. The molecule has 4 aliphatic rings. The van der Waals surface area contributed by atoms with Crippen molar-refractivity contribution >= 4 is 56.5 Å². The van der Waals surface area contributed by atoms with Crippen molar-refractivity contribution in [3.8, 4) is 0 Å². The summed E-state index contributed by atoms with van der Waals surface area (Å²) in [6.45, 7) is 4.97. The monoisotopic (exact) mass is 906 g/mol. The van der Waals surface area contributed by atoms with Crippen molar-refractivity contribution in [2.75, 3.05) is 0 Å². The Hall–Kier alpha value is -0.667. The first-order chi connectivity index (χ1) is 27.0. The van der Waals surface area contributed by atoms with Crippen LogP contribution < -0.4 is 10.6 Å². The van der Waals surface area contributed by atoms with Gasteiger partial charge in [0.25, 0.3) is 0 Å². The van der Waals surface area contributed by atoms with Crippen LogP contribution in [0, 0.1) is 0 Å². The fourth-order valence-corrected chi connectivity index (χ4v) is 20.3. The Morgan fingerprint density at radius 1 is 0.509 bits per heavy atom. The van der Waals surface area contributed by atoms with Gasteiger partial charge in [0.15, 0.2) is 0 Å². The van der Waals surface area contributed by atoms with Gasteiger partial charge in [-0.05, 0) is 156 Å². The molecule has 0 bridgehead atoms. The standard InChI is InChI=1S/C41H62P2.C9H8.2ClH.Ru/c1-32(34-23-27-40(28-24-34)42(36-15-7-3-8-16-36)37-17-9-4-10-18-37)31-33(2)35-25-29-41(30-26-35)43(38-19-11-5-12-20-38)39-21-13-6-14-22-39;1-2-6-9-7-4-3-5-8-9;;;/h23-30,32-33,36-39H,3-22,31H2,1-2H3;1-8H;2*1H;/q;;;;+2/b;6-2+;;;. The third-order valence-electron chi connectivity index (χ3n) is 13.8. The Kier molecular flexibility index (Phi) is 19.0. The maximum atomic E-state index is 5.65. The Bertz CT molecular complexity index is 1440. The molecule has 0 aromatic heterocycles. The van der Waals surface area contributed by atoms with Crippen molar-refractivity contribution in [2.24, 2.45) is 0 Å². The molecule has 3 aromatic rings. The summed E-state index contributed by atoms with van der Waals surface area (Å²) in [5, 5.41) is 3.55. The van der Waals surface area contributed by atoms with E-state index in [4.69, 9.17) is 19.4 Å². The van der Waals surface area contributed by atoms with E-state index in [2.05, 4.69) is 62.4 Å². The van der Waals surface area contributed by atoms with E-state index < -0.39 is 29.4 Å². The molecule has 7 rings (SSSR count). The van der Waals surface area contributed by atoms with Gasteiger partial charge in [-0.2, -0.15) is 0 Å². The summed E-state index contributed by atoms with van der Waals surface area (Å²) in [5.74, 6) is 1.24. The van der Waals surface area contributed by atoms with Crippen LogP contribution in [0.2, 0.25) is 0 Å². The van der Waals surface area contributed by atoms with Crippen LogP contribution in [0.15, 0.2) is 84.9 Å². The molecule has 0 heterocycles. The number of hydrogen-bond donors (Lipinski definition) is 0. The first kappa shape index (κ1) is 43.9.